The summed E-state index contributed by atoms with van der Waals surface area (Å²) in [5, 5.41) is 0. The van der Waals surface area contributed by atoms with Crippen LogP contribution in [0.5, 0.6) is 0 Å². The Morgan fingerprint density at radius 1 is 0.815 bits per heavy atom. The lowest BCUT2D eigenvalue weighted by Gasteiger charge is -2.35. The first kappa shape index (κ1) is 18.7. The van der Waals surface area contributed by atoms with Crippen LogP contribution in [0.2, 0.25) is 0 Å². The zero-order valence-electron chi connectivity index (χ0n) is 15.7. The molecule has 0 saturated carbocycles. The fourth-order valence-corrected chi connectivity index (χ4v) is 5.81. The van der Waals surface area contributed by atoms with Crippen molar-refractivity contribution in [2.24, 2.45) is 0 Å². The van der Waals surface area contributed by atoms with E-state index in [0.717, 1.165) is 19.5 Å². The van der Waals surface area contributed by atoms with E-state index >= 15 is 0 Å². The quantitative estimate of drug-likeness (QED) is 0.870. The predicted molar refractivity (Wildman–Crippen MR) is 108 cm³/mol. The van der Waals surface area contributed by atoms with E-state index in [0.29, 0.717) is 4.90 Å². The van der Waals surface area contributed by atoms with Gasteiger partial charge in [0.2, 0.25) is 10.0 Å². The van der Waals surface area contributed by atoms with E-state index in [2.05, 4.69) is 33.9 Å². The molecule has 1 aliphatic heterocycles. The van der Waals surface area contributed by atoms with Crippen molar-refractivity contribution >= 4 is 10.0 Å². The second kappa shape index (κ2) is 8.13. The van der Waals surface area contributed by atoms with Crippen molar-refractivity contribution in [2.75, 3.05) is 13.1 Å². The number of likely N-dealkylation sites (tertiary alicyclic amines) is 1. The third-order valence-corrected chi connectivity index (χ3v) is 7.34. The lowest BCUT2D eigenvalue weighted by molar-refractivity contribution is 0.160. The number of hydrogen-bond acceptors (Lipinski definition) is 3. The average Bonchev–Trinajstić information content (AvgIpc) is 2.99. The first-order valence-electron chi connectivity index (χ1n) is 10.0. The van der Waals surface area contributed by atoms with Crippen LogP contribution < -0.4 is 4.72 Å². The maximum atomic E-state index is 13.0. The van der Waals surface area contributed by atoms with Gasteiger partial charge in [-0.25, -0.2) is 13.1 Å². The Balaban J connectivity index is 1.62. The van der Waals surface area contributed by atoms with Gasteiger partial charge in [-0.2, -0.15) is 0 Å². The van der Waals surface area contributed by atoms with Crippen molar-refractivity contribution in [3.8, 4) is 0 Å². The number of sulfonamides is 1. The summed E-state index contributed by atoms with van der Waals surface area (Å²) in [6.45, 7) is 2.09. The highest BCUT2D eigenvalue weighted by Crippen LogP contribution is 2.37. The third kappa shape index (κ3) is 4.10. The molecule has 144 valence electrons. The van der Waals surface area contributed by atoms with Gasteiger partial charge in [0.05, 0.1) is 10.9 Å². The van der Waals surface area contributed by atoms with Crippen molar-refractivity contribution in [1.29, 1.82) is 0 Å². The van der Waals surface area contributed by atoms with Crippen LogP contribution in [0.1, 0.15) is 49.3 Å². The molecule has 27 heavy (non-hydrogen) atoms. The standard InChI is InChI=1S/C22H28N2O2S/c25-27(26,19-12-5-4-6-13-19)23-21-17-18-11-7-8-14-20(18)22(21)24-15-9-2-1-3-10-16-24/h4-8,11-14,21-23H,1-3,9-10,15-17H2. The SMILES string of the molecule is O=S(=O)(NC1Cc2ccccc2C1N1CCCCCCC1)c1ccccc1. The number of nitrogens with one attached hydrogen (secondary N) is 1. The van der Waals surface area contributed by atoms with E-state index in [1.807, 2.05) is 6.07 Å². The molecule has 1 fully saturated rings. The fourth-order valence-electron chi connectivity index (χ4n) is 4.55. The Bertz CT molecular complexity index is 859. The first-order chi connectivity index (χ1) is 13.1. The summed E-state index contributed by atoms with van der Waals surface area (Å²) in [6.07, 6.45) is 6.99. The highest BCUT2D eigenvalue weighted by atomic mass is 32.2. The summed E-state index contributed by atoms with van der Waals surface area (Å²) in [7, 11) is -3.53. The van der Waals surface area contributed by atoms with Crippen LogP contribution in [0.25, 0.3) is 0 Å². The summed E-state index contributed by atoms with van der Waals surface area (Å²) in [4.78, 5) is 2.86. The van der Waals surface area contributed by atoms with Crippen LogP contribution >= 0.6 is 0 Å². The van der Waals surface area contributed by atoms with Gasteiger partial charge in [-0.3, -0.25) is 4.90 Å². The molecule has 2 aromatic carbocycles. The molecular weight excluding hydrogens is 356 g/mol. The van der Waals surface area contributed by atoms with E-state index in [4.69, 9.17) is 0 Å². The van der Waals surface area contributed by atoms with E-state index in [-0.39, 0.29) is 12.1 Å². The summed E-state index contributed by atoms with van der Waals surface area (Å²) in [5.41, 5.74) is 2.56. The lowest BCUT2D eigenvalue weighted by Crippen LogP contribution is -2.45. The molecule has 4 nitrogen and oxygen atoms in total. The lowest BCUT2D eigenvalue weighted by atomic mass is 10.0. The fraction of sp³-hybridized carbons (Fsp3) is 0.455. The van der Waals surface area contributed by atoms with Gasteiger partial charge < -0.3 is 0 Å². The van der Waals surface area contributed by atoms with Crippen molar-refractivity contribution in [2.45, 2.75) is 55.5 Å². The molecule has 0 aromatic heterocycles. The van der Waals surface area contributed by atoms with E-state index in [9.17, 15) is 8.42 Å². The zero-order valence-corrected chi connectivity index (χ0v) is 16.5. The summed E-state index contributed by atoms with van der Waals surface area (Å²) in [5.74, 6) is 0. The monoisotopic (exact) mass is 384 g/mol. The molecule has 1 N–H and O–H groups in total. The van der Waals surface area contributed by atoms with Crippen LogP contribution in [0.15, 0.2) is 59.5 Å². The predicted octanol–water partition coefficient (Wildman–Crippen LogP) is 3.90. The second-order valence-electron chi connectivity index (χ2n) is 7.69. The maximum absolute atomic E-state index is 13.0. The largest absolute Gasteiger partial charge is 0.295 e. The zero-order chi connectivity index (χ0) is 18.7. The Hall–Kier alpha value is -1.69. The molecule has 4 rings (SSSR count). The Morgan fingerprint density at radius 3 is 2.19 bits per heavy atom. The maximum Gasteiger partial charge on any atom is 0.240 e. The van der Waals surface area contributed by atoms with Crippen LogP contribution in [-0.2, 0) is 16.4 Å². The molecule has 2 atom stereocenters. The summed E-state index contributed by atoms with van der Waals surface area (Å²) < 4.78 is 29.0. The van der Waals surface area contributed by atoms with Gasteiger partial charge in [-0.05, 0) is 55.6 Å². The number of hydrogen-bond donors (Lipinski definition) is 1. The minimum atomic E-state index is -3.53. The van der Waals surface area contributed by atoms with Crippen LogP contribution in [0, 0.1) is 0 Å². The molecule has 0 amide bonds. The molecule has 2 aliphatic rings. The topological polar surface area (TPSA) is 49.4 Å². The van der Waals surface area contributed by atoms with Gasteiger partial charge >= 0.3 is 0 Å². The Kier molecular flexibility index (Phi) is 5.62. The molecule has 0 spiro atoms. The molecule has 0 bridgehead atoms. The van der Waals surface area contributed by atoms with Crippen LogP contribution in [0.3, 0.4) is 0 Å². The van der Waals surface area contributed by atoms with Crippen molar-refractivity contribution in [1.82, 2.24) is 9.62 Å². The minimum Gasteiger partial charge on any atom is -0.295 e. The smallest absolute Gasteiger partial charge is 0.240 e. The molecular formula is C22H28N2O2S. The summed E-state index contributed by atoms with van der Waals surface area (Å²) >= 11 is 0. The van der Waals surface area contributed by atoms with Crippen molar-refractivity contribution in [3.05, 3.63) is 65.7 Å². The van der Waals surface area contributed by atoms with Gasteiger partial charge in [0.25, 0.3) is 0 Å². The normalized spacial score (nSPS) is 24.1. The van der Waals surface area contributed by atoms with Crippen LogP contribution in [0.4, 0.5) is 0 Å². The molecule has 0 radical (unpaired) electrons. The van der Waals surface area contributed by atoms with Gasteiger partial charge in [0.15, 0.2) is 0 Å². The molecule has 1 aliphatic carbocycles. The molecule has 1 saturated heterocycles. The summed E-state index contributed by atoms with van der Waals surface area (Å²) in [6, 6.07) is 17.2. The van der Waals surface area contributed by atoms with E-state index in [1.165, 1.54) is 43.2 Å². The highest BCUT2D eigenvalue weighted by Gasteiger charge is 2.38. The first-order valence-corrected chi connectivity index (χ1v) is 11.5. The number of nitrogens with zero attached hydrogens (tertiary/aromatic N) is 1. The van der Waals surface area contributed by atoms with Gasteiger partial charge in [-0.1, -0.05) is 61.7 Å². The van der Waals surface area contributed by atoms with Crippen LogP contribution in [-0.4, -0.2) is 32.4 Å². The molecule has 2 aromatic rings. The van der Waals surface area contributed by atoms with Crippen molar-refractivity contribution in [3.63, 3.8) is 0 Å². The van der Waals surface area contributed by atoms with Gasteiger partial charge in [0.1, 0.15) is 0 Å². The molecule has 2 unspecified atom stereocenters. The highest BCUT2D eigenvalue weighted by molar-refractivity contribution is 7.89. The molecule has 1 heterocycles. The van der Waals surface area contributed by atoms with E-state index in [1.54, 1.807) is 24.3 Å². The van der Waals surface area contributed by atoms with E-state index < -0.39 is 10.0 Å². The van der Waals surface area contributed by atoms with Gasteiger partial charge in [0, 0.05) is 6.04 Å². The Labute approximate surface area is 162 Å². The minimum absolute atomic E-state index is 0.118. The second-order valence-corrected chi connectivity index (χ2v) is 9.41. The number of rotatable bonds is 4. The van der Waals surface area contributed by atoms with Gasteiger partial charge in [-0.15, -0.1) is 0 Å². The third-order valence-electron chi connectivity index (χ3n) is 5.84. The number of fused-ring (bicyclic) bond motifs is 1. The number of benzene rings is 2. The molecule has 5 heteroatoms. The van der Waals surface area contributed by atoms with Crippen molar-refractivity contribution < 1.29 is 8.42 Å². The average molecular weight is 385 g/mol. The Morgan fingerprint density at radius 2 is 1.44 bits per heavy atom.